The first-order valence-corrected chi connectivity index (χ1v) is 11.4. The first kappa shape index (κ1) is 22.2. The molecule has 1 N–H and O–H groups in total. The van der Waals surface area contributed by atoms with Crippen molar-refractivity contribution in [1.82, 2.24) is 5.43 Å². The number of nitrogens with zero attached hydrogens (tertiary/aromatic N) is 1. The van der Waals surface area contributed by atoms with Gasteiger partial charge in [-0.15, -0.1) is 0 Å². The van der Waals surface area contributed by atoms with E-state index < -0.39 is 5.91 Å². The highest BCUT2D eigenvalue weighted by Crippen LogP contribution is 2.29. The molecule has 0 aliphatic carbocycles. The van der Waals surface area contributed by atoms with Gasteiger partial charge in [-0.2, -0.15) is 5.10 Å². The third-order valence-electron chi connectivity index (χ3n) is 5.53. The summed E-state index contributed by atoms with van der Waals surface area (Å²) in [5.41, 5.74) is 5.02. The number of benzene rings is 4. The van der Waals surface area contributed by atoms with E-state index in [1.807, 2.05) is 91.9 Å². The molecule has 5 aromatic rings. The maximum Gasteiger partial charge on any atom is 0.307 e. The summed E-state index contributed by atoms with van der Waals surface area (Å²) >= 11 is 0. The van der Waals surface area contributed by atoms with Gasteiger partial charge in [-0.05, 0) is 59.2 Å². The second-order valence-electron chi connectivity index (χ2n) is 7.92. The number of hydrogen-bond acceptors (Lipinski definition) is 5. The molecular weight excluding hydrogens is 440 g/mol. The molecule has 1 amide bonds. The minimum Gasteiger partial charge on any atom is -0.490 e. The van der Waals surface area contributed by atoms with E-state index in [1.54, 1.807) is 12.3 Å². The zero-order valence-corrected chi connectivity index (χ0v) is 19.2. The van der Waals surface area contributed by atoms with Gasteiger partial charge in [-0.1, -0.05) is 60.7 Å². The summed E-state index contributed by atoms with van der Waals surface area (Å²) in [5, 5.41) is 7.11. The Labute approximate surface area is 202 Å². The van der Waals surface area contributed by atoms with Gasteiger partial charge in [0.2, 0.25) is 0 Å². The molecule has 0 saturated carbocycles. The van der Waals surface area contributed by atoms with Gasteiger partial charge in [-0.3, -0.25) is 4.79 Å². The Morgan fingerprint density at radius 3 is 2.57 bits per heavy atom. The maximum atomic E-state index is 12.6. The Morgan fingerprint density at radius 1 is 0.886 bits per heavy atom. The third kappa shape index (κ3) is 5.01. The monoisotopic (exact) mass is 464 g/mol. The first-order valence-electron chi connectivity index (χ1n) is 11.4. The topological polar surface area (TPSA) is 73.1 Å². The van der Waals surface area contributed by atoms with Gasteiger partial charge in [-0.25, -0.2) is 5.43 Å². The predicted molar refractivity (Wildman–Crippen MR) is 137 cm³/mol. The summed E-state index contributed by atoms with van der Waals surface area (Å²) in [4.78, 5) is 12.6. The number of hydrazone groups is 1. The molecule has 0 radical (unpaired) electrons. The van der Waals surface area contributed by atoms with Crippen LogP contribution >= 0.6 is 0 Å². The standard InChI is InChI=1S/C29H24N2O4/c1-2-33-27-16-21(12-14-26(27)34-19-20-8-4-3-5-9-20)18-30-31-29(32)28-17-24-23-11-7-6-10-22(23)13-15-25(24)35-28/h3-18H,2,19H2,1H3,(H,31,32)/b30-18+. The lowest BCUT2D eigenvalue weighted by molar-refractivity contribution is 0.0929. The average Bonchev–Trinajstić information content (AvgIpc) is 3.34. The molecule has 35 heavy (non-hydrogen) atoms. The van der Waals surface area contributed by atoms with Gasteiger partial charge < -0.3 is 13.9 Å². The molecule has 0 spiro atoms. The van der Waals surface area contributed by atoms with Gasteiger partial charge in [0.15, 0.2) is 17.3 Å². The lowest BCUT2D eigenvalue weighted by atomic mass is 10.1. The minimum absolute atomic E-state index is 0.202. The van der Waals surface area contributed by atoms with E-state index in [9.17, 15) is 4.79 Å². The van der Waals surface area contributed by atoms with Crippen LogP contribution in [0, 0.1) is 0 Å². The van der Waals surface area contributed by atoms with Crippen LogP contribution in [0.4, 0.5) is 0 Å². The molecule has 1 heterocycles. The van der Waals surface area contributed by atoms with E-state index in [0.29, 0.717) is 30.3 Å². The van der Waals surface area contributed by atoms with Crippen molar-refractivity contribution in [3.05, 3.63) is 108 Å². The van der Waals surface area contributed by atoms with Crippen LogP contribution in [0.25, 0.3) is 21.7 Å². The second kappa shape index (κ2) is 10.1. The Kier molecular flexibility index (Phi) is 6.44. The normalized spacial score (nSPS) is 11.2. The minimum atomic E-state index is -0.422. The predicted octanol–water partition coefficient (Wildman–Crippen LogP) is 6.33. The van der Waals surface area contributed by atoms with Crippen LogP contribution in [0.1, 0.15) is 28.6 Å². The van der Waals surface area contributed by atoms with Crippen molar-refractivity contribution in [3.8, 4) is 11.5 Å². The van der Waals surface area contributed by atoms with E-state index in [0.717, 1.165) is 27.3 Å². The van der Waals surface area contributed by atoms with Crippen LogP contribution in [0.5, 0.6) is 11.5 Å². The number of fused-ring (bicyclic) bond motifs is 3. The number of furan rings is 1. The van der Waals surface area contributed by atoms with Gasteiger partial charge in [0.05, 0.1) is 12.8 Å². The van der Waals surface area contributed by atoms with Crippen LogP contribution in [0.2, 0.25) is 0 Å². The molecule has 1 aromatic heterocycles. The number of carbonyl (C=O) groups excluding carboxylic acids is 1. The molecule has 0 aliphatic heterocycles. The summed E-state index contributed by atoms with van der Waals surface area (Å²) in [6, 6.07) is 29.0. The number of carbonyl (C=O) groups is 1. The fourth-order valence-electron chi connectivity index (χ4n) is 3.85. The summed E-state index contributed by atoms with van der Waals surface area (Å²) in [6.45, 7) is 2.86. The number of rotatable bonds is 8. The molecule has 0 fully saturated rings. The van der Waals surface area contributed by atoms with Gasteiger partial charge >= 0.3 is 5.91 Å². The molecule has 0 unspecified atom stereocenters. The Balaban J connectivity index is 1.28. The smallest absolute Gasteiger partial charge is 0.307 e. The lowest BCUT2D eigenvalue weighted by Gasteiger charge is -2.12. The molecule has 5 rings (SSSR count). The Morgan fingerprint density at radius 2 is 1.71 bits per heavy atom. The van der Waals surface area contributed by atoms with Crippen molar-refractivity contribution in [3.63, 3.8) is 0 Å². The van der Waals surface area contributed by atoms with Crippen molar-refractivity contribution in [2.24, 2.45) is 5.10 Å². The highest BCUT2D eigenvalue weighted by molar-refractivity contribution is 6.08. The molecule has 174 valence electrons. The average molecular weight is 465 g/mol. The molecule has 6 heteroatoms. The SMILES string of the molecule is CCOc1cc(/C=N/NC(=O)c2cc3c(ccc4ccccc43)o2)ccc1OCc1ccccc1. The highest BCUT2D eigenvalue weighted by Gasteiger charge is 2.13. The molecule has 0 aliphatic rings. The zero-order valence-electron chi connectivity index (χ0n) is 19.2. The van der Waals surface area contributed by atoms with Gasteiger partial charge in [0.25, 0.3) is 0 Å². The third-order valence-corrected chi connectivity index (χ3v) is 5.53. The quantitative estimate of drug-likeness (QED) is 0.215. The highest BCUT2D eigenvalue weighted by atomic mass is 16.5. The summed E-state index contributed by atoms with van der Waals surface area (Å²) < 4.78 is 17.4. The lowest BCUT2D eigenvalue weighted by Crippen LogP contribution is -2.16. The van der Waals surface area contributed by atoms with Crippen molar-refractivity contribution < 1.29 is 18.7 Å². The molecule has 0 bridgehead atoms. The van der Waals surface area contributed by atoms with Crippen LogP contribution in [-0.2, 0) is 6.61 Å². The van der Waals surface area contributed by atoms with E-state index >= 15 is 0 Å². The second-order valence-corrected chi connectivity index (χ2v) is 7.92. The van der Waals surface area contributed by atoms with Crippen molar-refractivity contribution in [1.29, 1.82) is 0 Å². The van der Waals surface area contributed by atoms with Crippen molar-refractivity contribution in [2.75, 3.05) is 6.61 Å². The number of nitrogens with one attached hydrogen (secondary N) is 1. The van der Waals surface area contributed by atoms with Crippen molar-refractivity contribution in [2.45, 2.75) is 13.5 Å². The molecule has 4 aromatic carbocycles. The Hall–Kier alpha value is -4.58. The molecule has 6 nitrogen and oxygen atoms in total. The zero-order chi connectivity index (χ0) is 24.0. The first-order chi connectivity index (χ1) is 17.2. The molecule has 0 atom stereocenters. The van der Waals surface area contributed by atoms with Crippen molar-refractivity contribution >= 4 is 33.9 Å². The van der Waals surface area contributed by atoms with E-state index in [-0.39, 0.29) is 5.76 Å². The van der Waals surface area contributed by atoms with E-state index in [4.69, 9.17) is 13.9 Å². The van der Waals surface area contributed by atoms with Crippen LogP contribution < -0.4 is 14.9 Å². The van der Waals surface area contributed by atoms with Crippen LogP contribution in [0.15, 0.2) is 101 Å². The maximum absolute atomic E-state index is 12.6. The molecule has 0 saturated heterocycles. The summed E-state index contributed by atoms with van der Waals surface area (Å²) in [5.74, 6) is 1.04. The summed E-state index contributed by atoms with van der Waals surface area (Å²) in [6.07, 6.45) is 1.56. The van der Waals surface area contributed by atoms with Gasteiger partial charge in [0.1, 0.15) is 12.2 Å². The van der Waals surface area contributed by atoms with E-state index in [1.165, 1.54) is 0 Å². The summed E-state index contributed by atoms with van der Waals surface area (Å²) in [7, 11) is 0. The number of amides is 1. The fraction of sp³-hybridized carbons (Fsp3) is 0.103. The Bertz CT molecular complexity index is 1510. The van der Waals surface area contributed by atoms with Crippen LogP contribution in [-0.4, -0.2) is 18.7 Å². The van der Waals surface area contributed by atoms with E-state index in [2.05, 4.69) is 10.5 Å². The number of hydrogen-bond donors (Lipinski definition) is 1. The number of ether oxygens (including phenoxy) is 2. The fourth-order valence-corrected chi connectivity index (χ4v) is 3.85. The van der Waals surface area contributed by atoms with Gasteiger partial charge in [0, 0.05) is 5.39 Å². The largest absolute Gasteiger partial charge is 0.490 e. The molecular formula is C29H24N2O4. The van der Waals surface area contributed by atoms with Crippen LogP contribution in [0.3, 0.4) is 0 Å².